The maximum atomic E-state index is 11.2. The van der Waals surface area contributed by atoms with Crippen molar-refractivity contribution in [2.75, 3.05) is 13.2 Å². The lowest BCUT2D eigenvalue weighted by Gasteiger charge is -2.28. The van der Waals surface area contributed by atoms with Crippen molar-refractivity contribution in [2.45, 2.75) is 38.1 Å². The summed E-state index contributed by atoms with van der Waals surface area (Å²) in [6.45, 7) is 6.89. The number of hydrogen-bond acceptors (Lipinski definition) is 4. The van der Waals surface area contributed by atoms with E-state index in [2.05, 4.69) is 5.32 Å². The van der Waals surface area contributed by atoms with Gasteiger partial charge in [-0.3, -0.25) is 0 Å². The summed E-state index contributed by atoms with van der Waals surface area (Å²) in [4.78, 5) is 0.113. The molecule has 2 unspecified atom stereocenters. The first-order valence-corrected chi connectivity index (χ1v) is 8.23. The summed E-state index contributed by atoms with van der Waals surface area (Å²) in [5.41, 5.74) is 0.836. The standard InChI is InChI=1S/C14H24N2O3S/c1-4-14(3,10-17)9-16-11(2)12-5-7-13(8-6-12)20(15,18)19/h5-8,11,16-17H,4,9-10H2,1-3H3,(H2,15,18,19). The minimum absolute atomic E-state index is 0.0713. The van der Waals surface area contributed by atoms with Gasteiger partial charge < -0.3 is 10.4 Å². The highest BCUT2D eigenvalue weighted by atomic mass is 32.2. The van der Waals surface area contributed by atoms with Gasteiger partial charge in [0.15, 0.2) is 0 Å². The number of nitrogens with one attached hydrogen (secondary N) is 1. The van der Waals surface area contributed by atoms with E-state index < -0.39 is 10.0 Å². The van der Waals surface area contributed by atoms with Crippen molar-refractivity contribution < 1.29 is 13.5 Å². The largest absolute Gasteiger partial charge is 0.396 e. The van der Waals surface area contributed by atoms with Crippen molar-refractivity contribution in [1.82, 2.24) is 5.32 Å². The molecule has 0 saturated carbocycles. The van der Waals surface area contributed by atoms with Crippen LogP contribution in [0.3, 0.4) is 0 Å². The minimum atomic E-state index is -3.64. The molecule has 1 aromatic carbocycles. The zero-order valence-electron chi connectivity index (χ0n) is 12.3. The number of aliphatic hydroxyl groups is 1. The molecule has 0 radical (unpaired) electrons. The van der Waals surface area contributed by atoms with Gasteiger partial charge >= 0.3 is 0 Å². The average Bonchev–Trinajstić information content (AvgIpc) is 2.43. The van der Waals surface area contributed by atoms with E-state index in [0.29, 0.717) is 6.54 Å². The Kier molecular flexibility index (Phi) is 5.70. The molecular formula is C14H24N2O3S. The lowest BCUT2D eigenvalue weighted by molar-refractivity contribution is 0.132. The van der Waals surface area contributed by atoms with Crippen LogP contribution >= 0.6 is 0 Å². The van der Waals surface area contributed by atoms with E-state index in [1.54, 1.807) is 12.1 Å². The molecule has 0 aromatic heterocycles. The molecule has 0 aliphatic carbocycles. The Morgan fingerprint density at radius 1 is 1.35 bits per heavy atom. The van der Waals surface area contributed by atoms with Crippen LogP contribution in [0.4, 0.5) is 0 Å². The molecule has 6 heteroatoms. The second-order valence-corrected chi connectivity index (χ2v) is 7.10. The third-order valence-electron chi connectivity index (χ3n) is 3.78. The van der Waals surface area contributed by atoms with E-state index in [4.69, 9.17) is 5.14 Å². The van der Waals surface area contributed by atoms with Crippen molar-refractivity contribution in [1.29, 1.82) is 0 Å². The molecule has 1 aromatic rings. The van der Waals surface area contributed by atoms with Crippen LogP contribution in [0, 0.1) is 5.41 Å². The molecule has 1 rings (SSSR count). The van der Waals surface area contributed by atoms with Gasteiger partial charge in [-0.2, -0.15) is 0 Å². The van der Waals surface area contributed by atoms with Gasteiger partial charge in [0.25, 0.3) is 0 Å². The highest BCUT2D eigenvalue weighted by molar-refractivity contribution is 7.89. The summed E-state index contributed by atoms with van der Waals surface area (Å²) in [6, 6.07) is 6.59. The van der Waals surface area contributed by atoms with Crippen LogP contribution in [0.5, 0.6) is 0 Å². The van der Waals surface area contributed by atoms with Crippen LogP contribution in [-0.4, -0.2) is 26.7 Å². The van der Waals surface area contributed by atoms with Crippen molar-refractivity contribution >= 4 is 10.0 Å². The Morgan fingerprint density at radius 3 is 2.30 bits per heavy atom. The van der Waals surface area contributed by atoms with Crippen molar-refractivity contribution in [2.24, 2.45) is 10.6 Å². The number of aliphatic hydroxyl groups excluding tert-OH is 1. The first kappa shape index (κ1) is 17.1. The Morgan fingerprint density at radius 2 is 1.90 bits per heavy atom. The maximum absolute atomic E-state index is 11.2. The minimum Gasteiger partial charge on any atom is -0.396 e. The summed E-state index contributed by atoms with van der Waals surface area (Å²) in [7, 11) is -3.64. The molecule has 4 N–H and O–H groups in total. The van der Waals surface area contributed by atoms with Gasteiger partial charge in [0.1, 0.15) is 0 Å². The zero-order chi connectivity index (χ0) is 15.4. The first-order chi connectivity index (χ1) is 9.22. The van der Waals surface area contributed by atoms with Gasteiger partial charge in [0, 0.05) is 24.6 Å². The number of nitrogens with two attached hydrogens (primary N) is 1. The van der Waals surface area contributed by atoms with Gasteiger partial charge in [-0.25, -0.2) is 13.6 Å². The van der Waals surface area contributed by atoms with Crippen LogP contribution in [0.2, 0.25) is 0 Å². The third kappa shape index (κ3) is 4.56. The molecule has 5 nitrogen and oxygen atoms in total. The number of sulfonamides is 1. The Hall–Kier alpha value is -0.950. The van der Waals surface area contributed by atoms with E-state index >= 15 is 0 Å². The predicted molar refractivity (Wildman–Crippen MR) is 79.7 cm³/mol. The average molecular weight is 300 g/mol. The molecule has 0 aliphatic rings. The van der Waals surface area contributed by atoms with Gasteiger partial charge in [0.2, 0.25) is 10.0 Å². The van der Waals surface area contributed by atoms with Crippen molar-refractivity contribution in [3.63, 3.8) is 0 Å². The fourth-order valence-corrected chi connectivity index (χ4v) is 2.27. The van der Waals surface area contributed by atoms with Crippen LogP contribution in [0.1, 0.15) is 38.8 Å². The summed E-state index contributed by atoms with van der Waals surface area (Å²) in [5, 5.41) is 17.8. The topological polar surface area (TPSA) is 92.4 Å². The maximum Gasteiger partial charge on any atom is 0.238 e. The second-order valence-electron chi connectivity index (χ2n) is 5.54. The molecule has 20 heavy (non-hydrogen) atoms. The van der Waals surface area contributed by atoms with E-state index in [1.807, 2.05) is 20.8 Å². The summed E-state index contributed by atoms with van der Waals surface area (Å²) < 4.78 is 22.4. The molecular weight excluding hydrogens is 276 g/mol. The number of hydrogen-bond donors (Lipinski definition) is 3. The van der Waals surface area contributed by atoms with E-state index in [1.165, 1.54) is 12.1 Å². The molecule has 114 valence electrons. The smallest absolute Gasteiger partial charge is 0.238 e. The fraction of sp³-hybridized carbons (Fsp3) is 0.571. The molecule has 0 fully saturated rings. The Balaban J connectivity index is 2.72. The zero-order valence-corrected chi connectivity index (χ0v) is 13.1. The van der Waals surface area contributed by atoms with Gasteiger partial charge in [-0.15, -0.1) is 0 Å². The third-order valence-corrected chi connectivity index (χ3v) is 4.71. The monoisotopic (exact) mass is 300 g/mol. The summed E-state index contributed by atoms with van der Waals surface area (Å²) in [5.74, 6) is 0. The van der Waals surface area contributed by atoms with Crippen LogP contribution in [0.15, 0.2) is 29.2 Å². The van der Waals surface area contributed by atoms with Crippen LogP contribution < -0.4 is 10.5 Å². The van der Waals surface area contributed by atoms with Gasteiger partial charge in [-0.1, -0.05) is 26.0 Å². The van der Waals surface area contributed by atoms with Crippen molar-refractivity contribution in [3.8, 4) is 0 Å². The predicted octanol–water partition coefficient (Wildman–Crippen LogP) is 1.39. The molecule has 0 bridgehead atoms. The van der Waals surface area contributed by atoms with E-state index in [-0.39, 0.29) is 23.0 Å². The Labute approximate surface area is 121 Å². The van der Waals surface area contributed by atoms with E-state index in [0.717, 1.165) is 12.0 Å². The number of rotatable bonds is 7. The quantitative estimate of drug-likeness (QED) is 0.709. The Bertz CT molecular complexity index is 522. The van der Waals surface area contributed by atoms with Crippen LogP contribution in [0.25, 0.3) is 0 Å². The normalized spacial score (nSPS) is 16.6. The molecule has 2 atom stereocenters. The molecule has 0 amide bonds. The molecule has 0 heterocycles. The number of benzene rings is 1. The first-order valence-electron chi connectivity index (χ1n) is 6.69. The number of primary sulfonamides is 1. The highest BCUT2D eigenvalue weighted by Crippen LogP contribution is 2.21. The second kappa shape index (κ2) is 6.67. The highest BCUT2D eigenvalue weighted by Gasteiger charge is 2.21. The summed E-state index contributed by atoms with van der Waals surface area (Å²) in [6.07, 6.45) is 0.883. The molecule has 0 aliphatic heterocycles. The summed E-state index contributed by atoms with van der Waals surface area (Å²) >= 11 is 0. The van der Waals surface area contributed by atoms with Gasteiger partial charge in [-0.05, 0) is 31.0 Å². The van der Waals surface area contributed by atoms with Crippen LogP contribution in [-0.2, 0) is 10.0 Å². The van der Waals surface area contributed by atoms with E-state index in [9.17, 15) is 13.5 Å². The van der Waals surface area contributed by atoms with Gasteiger partial charge in [0.05, 0.1) is 4.90 Å². The molecule has 0 saturated heterocycles. The molecule has 0 spiro atoms. The lowest BCUT2D eigenvalue weighted by atomic mass is 9.88. The fourth-order valence-electron chi connectivity index (χ4n) is 1.76. The lowest BCUT2D eigenvalue weighted by Crippen LogP contribution is -2.35. The SMILES string of the molecule is CCC(C)(CO)CNC(C)c1ccc(S(N)(=O)=O)cc1. The van der Waals surface area contributed by atoms with Crippen molar-refractivity contribution in [3.05, 3.63) is 29.8 Å².